The Balaban J connectivity index is 1.44. The van der Waals surface area contributed by atoms with E-state index in [1.54, 1.807) is 0 Å². The second kappa shape index (κ2) is 9.51. The fraction of sp³-hybridized carbons (Fsp3) is 0.318. The molecule has 7 nitrogen and oxygen atoms in total. The van der Waals surface area contributed by atoms with Gasteiger partial charge in [-0.25, -0.2) is 9.97 Å². The van der Waals surface area contributed by atoms with Gasteiger partial charge in [-0.1, -0.05) is 22.0 Å². The van der Waals surface area contributed by atoms with Crippen LogP contribution in [0.1, 0.15) is 6.42 Å². The molecule has 1 aliphatic rings. The van der Waals surface area contributed by atoms with Gasteiger partial charge in [0, 0.05) is 60.4 Å². The van der Waals surface area contributed by atoms with Gasteiger partial charge >= 0.3 is 0 Å². The number of carbonyl (C=O) groups excluding carboxylic acids is 1. The van der Waals surface area contributed by atoms with Crippen LogP contribution in [-0.2, 0) is 4.79 Å². The Bertz CT molecular complexity index is 1040. The zero-order valence-electron chi connectivity index (χ0n) is 16.9. The van der Waals surface area contributed by atoms with E-state index in [9.17, 15) is 4.79 Å². The maximum atomic E-state index is 12.5. The number of piperazine rings is 1. The van der Waals surface area contributed by atoms with E-state index in [0.717, 1.165) is 59.5 Å². The third kappa shape index (κ3) is 5.33. The van der Waals surface area contributed by atoms with Crippen LogP contribution >= 0.6 is 15.9 Å². The Morgan fingerprint density at radius 3 is 2.70 bits per heavy atom. The molecule has 0 bridgehead atoms. The third-order valence-electron chi connectivity index (χ3n) is 5.26. The third-order valence-corrected chi connectivity index (χ3v) is 5.75. The van der Waals surface area contributed by atoms with Crippen LogP contribution in [0.25, 0.3) is 10.9 Å². The van der Waals surface area contributed by atoms with Crippen molar-refractivity contribution in [3.8, 4) is 0 Å². The number of nitrogens with one attached hydrogen (secondary N) is 2. The highest BCUT2D eigenvalue weighted by atomic mass is 79.9. The van der Waals surface area contributed by atoms with Gasteiger partial charge in [0.25, 0.3) is 0 Å². The zero-order chi connectivity index (χ0) is 20.9. The molecule has 156 valence electrons. The number of nitrogens with zero attached hydrogens (tertiary/aromatic N) is 4. The first kappa shape index (κ1) is 20.7. The van der Waals surface area contributed by atoms with Crippen molar-refractivity contribution in [1.82, 2.24) is 19.8 Å². The SMILES string of the molecule is CN1CCN(CCC(=O)Nc2ccc3ncnc(Nc4cccc(Br)c4)c3c2)CC1. The molecule has 30 heavy (non-hydrogen) atoms. The van der Waals surface area contributed by atoms with Gasteiger partial charge in [-0.3, -0.25) is 4.79 Å². The largest absolute Gasteiger partial charge is 0.340 e. The fourth-order valence-electron chi connectivity index (χ4n) is 3.49. The van der Waals surface area contributed by atoms with Crippen LogP contribution in [0.5, 0.6) is 0 Å². The van der Waals surface area contributed by atoms with Crippen molar-refractivity contribution in [2.45, 2.75) is 6.42 Å². The van der Waals surface area contributed by atoms with E-state index in [1.807, 2.05) is 42.5 Å². The van der Waals surface area contributed by atoms with Crippen molar-refractivity contribution in [3.63, 3.8) is 0 Å². The van der Waals surface area contributed by atoms with Gasteiger partial charge in [0.15, 0.2) is 0 Å². The van der Waals surface area contributed by atoms with Gasteiger partial charge in [0.05, 0.1) is 5.52 Å². The summed E-state index contributed by atoms with van der Waals surface area (Å²) in [5.41, 5.74) is 2.49. The van der Waals surface area contributed by atoms with Crippen LogP contribution < -0.4 is 10.6 Å². The second-order valence-corrected chi connectivity index (χ2v) is 8.45. The molecule has 1 aromatic heterocycles. The highest BCUT2D eigenvalue weighted by Crippen LogP contribution is 2.27. The minimum absolute atomic E-state index is 0.0200. The number of hydrogen-bond acceptors (Lipinski definition) is 6. The number of fused-ring (bicyclic) bond motifs is 1. The van der Waals surface area contributed by atoms with E-state index in [1.165, 1.54) is 6.33 Å². The number of carbonyl (C=O) groups is 1. The second-order valence-electron chi connectivity index (χ2n) is 7.53. The first-order valence-electron chi connectivity index (χ1n) is 10.0. The van der Waals surface area contributed by atoms with Crippen molar-refractivity contribution in [2.24, 2.45) is 0 Å². The van der Waals surface area contributed by atoms with Gasteiger partial charge in [0.2, 0.25) is 5.91 Å². The van der Waals surface area contributed by atoms with E-state index in [0.29, 0.717) is 12.2 Å². The van der Waals surface area contributed by atoms with Crippen LogP contribution in [0.15, 0.2) is 53.3 Å². The lowest BCUT2D eigenvalue weighted by Crippen LogP contribution is -2.45. The molecule has 4 rings (SSSR count). The quantitative estimate of drug-likeness (QED) is 0.574. The minimum atomic E-state index is 0.0200. The van der Waals surface area contributed by atoms with E-state index in [-0.39, 0.29) is 5.91 Å². The standard InChI is InChI=1S/C22H25BrN6O/c1-28-9-11-29(12-10-28)8-7-21(30)26-18-5-6-20-19(14-18)22(25-15-24-20)27-17-4-2-3-16(23)13-17/h2-6,13-15H,7-12H2,1H3,(H,26,30)(H,24,25,27). The molecule has 0 atom stereocenters. The van der Waals surface area contributed by atoms with Crippen LogP contribution in [0.2, 0.25) is 0 Å². The van der Waals surface area contributed by atoms with Gasteiger partial charge < -0.3 is 20.4 Å². The summed E-state index contributed by atoms with van der Waals surface area (Å²) < 4.78 is 0.985. The van der Waals surface area contributed by atoms with Crippen molar-refractivity contribution >= 4 is 49.9 Å². The van der Waals surface area contributed by atoms with E-state index in [2.05, 4.69) is 53.4 Å². The highest BCUT2D eigenvalue weighted by molar-refractivity contribution is 9.10. The number of halogens is 1. The first-order chi connectivity index (χ1) is 14.6. The summed E-state index contributed by atoms with van der Waals surface area (Å²) >= 11 is 3.48. The maximum absolute atomic E-state index is 12.5. The molecule has 0 unspecified atom stereocenters. The fourth-order valence-corrected chi connectivity index (χ4v) is 3.89. The molecule has 1 amide bonds. The highest BCUT2D eigenvalue weighted by Gasteiger charge is 2.15. The number of aromatic nitrogens is 2. The van der Waals surface area contributed by atoms with Gasteiger partial charge in [-0.05, 0) is 43.4 Å². The van der Waals surface area contributed by atoms with Crippen molar-refractivity contribution in [1.29, 1.82) is 0 Å². The molecule has 0 aliphatic carbocycles. The minimum Gasteiger partial charge on any atom is -0.340 e. The summed E-state index contributed by atoms with van der Waals surface area (Å²) in [5, 5.41) is 7.21. The molecule has 0 saturated carbocycles. The van der Waals surface area contributed by atoms with Crippen molar-refractivity contribution in [2.75, 3.05) is 50.4 Å². The van der Waals surface area contributed by atoms with E-state index >= 15 is 0 Å². The molecule has 2 heterocycles. The van der Waals surface area contributed by atoms with Crippen LogP contribution in [-0.4, -0.2) is 65.4 Å². The molecule has 2 aromatic carbocycles. The molecular weight excluding hydrogens is 444 g/mol. The Morgan fingerprint density at radius 1 is 1.07 bits per heavy atom. The average Bonchev–Trinajstić information content (AvgIpc) is 2.74. The van der Waals surface area contributed by atoms with Crippen LogP contribution in [0, 0.1) is 0 Å². The average molecular weight is 469 g/mol. The molecule has 0 spiro atoms. The summed E-state index contributed by atoms with van der Waals surface area (Å²) in [4.78, 5) is 25.9. The monoisotopic (exact) mass is 468 g/mol. The molecule has 8 heteroatoms. The molecule has 3 aromatic rings. The Hall–Kier alpha value is -2.55. The zero-order valence-corrected chi connectivity index (χ0v) is 18.5. The topological polar surface area (TPSA) is 73.4 Å². The smallest absolute Gasteiger partial charge is 0.225 e. The van der Waals surface area contributed by atoms with Crippen molar-refractivity contribution in [3.05, 3.63) is 53.3 Å². The lowest BCUT2D eigenvalue weighted by molar-refractivity contribution is -0.116. The van der Waals surface area contributed by atoms with E-state index < -0.39 is 0 Å². The summed E-state index contributed by atoms with van der Waals surface area (Å²) in [6.07, 6.45) is 2.02. The van der Waals surface area contributed by atoms with Crippen molar-refractivity contribution < 1.29 is 4.79 Å². The number of amides is 1. The Labute approximate surface area is 184 Å². The first-order valence-corrected chi connectivity index (χ1v) is 10.8. The summed E-state index contributed by atoms with van der Waals surface area (Å²) in [5.74, 6) is 0.721. The predicted octanol–water partition coefficient (Wildman–Crippen LogP) is 3.71. The van der Waals surface area contributed by atoms with Crippen LogP contribution in [0.4, 0.5) is 17.2 Å². The number of hydrogen-bond donors (Lipinski definition) is 2. The lowest BCUT2D eigenvalue weighted by atomic mass is 10.2. The molecule has 1 fully saturated rings. The van der Waals surface area contributed by atoms with E-state index in [4.69, 9.17) is 0 Å². The summed E-state index contributed by atoms with van der Waals surface area (Å²) in [7, 11) is 2.13. The lowest BCUT2D eigenvalue weighted by Gasteiger charge is -2.32. The van der Waals surface area contributed by atoms with Gasteiger partial charge in [-0.2, -0.15) is 0 Å². The van der Waals surface area contributed by atoms with Gasteiger partial charge in [0.1, 0.15) is 12.1 Å². The van der Waals surface area contributed by atoms with Crippen LogP contribution in [0.3, 0.4) is 0 Å². The summed E-state index contributed by atoms with van der Waals surface area (Å²) in [6.45, 7) is 4.93. The Kier molecular flexibility index (Phi) is 6.56. The molecule has 1 saturated heterocycles. The molecule has 0 radical (unpaired) electrons. The predicted molar refractivity (Wildman–Crippen MR) is 124 cm³/mol. The van der Waals surface area contributed by atoms with Gasteiger partial charge in [-0.15, -0.1) is 0 Å². The Morgan fingerprint density at radius 2 is 1.90 bits per heavy atom. The number of anilines is 3. The number of rotatable bonds is 6. The number of benzene rings is 2. The molecular formula is C22H25BrN6O. The maximum Gasteiger partial charge on any atom is 0.225 e. The normalized spacial score (nSPS) is 15.3. The number of likely N-dealkylation sites (N-methyl/N-ethyl adjacent to an activating group) is 1. The summed E-state index contributed by atoms with van der Waals surface area (Å²) in [6, 6.07) is 13.6. The molecule has 1 aliphatic heterocycles. The molecule has 2 N–H and O–H groups in total.